The molecule has 0 aliphatic carbocycles. The van der Waals surface area contributed by atoms with Gasteiger partial charge in [0.1, 0.15) is 28.5 Å². The number of nitrogens with zero attached hydrogens (tertiary/aromatic N) is 1. The van der Waals surface area contributed by atoms with Crippen LogP contribution in [0.2, 0.25) is 0 Å². The minimum absolute atomic E-state index is 0.0232. The van der Waals surface area contributed by atoms with Gasteiger partial charge in [-0.15, -0.1) is 4.72 Å². The molecule has 0 aliphatic rings. The Morgan fingerprint density at radius 2 is 1.95 bits per heavy atom. The van der Waals surface area contributed by atoms with E-state index >= 15 is 4.39 Å². The van der Waals surface area contributed by atoms with E-state index < -0.39 is 40.1 Å². The van der Waals surface area contributed by atoms with E-state index in [1.165, 1.54) is 30.7 Å². The van der Waals surface area contributed by atoms with Crippen LogP contribution in [0.4, 0.5) is 8.78 Å². The van der Waals surface area contributed by atoms with Crippen molar-refractivity contribution in [1.82, 2.24) is 9.71 Å². The second-order valence-electron chi connectivity index (χ2n) is 9.41. The topological polar surface area (TPSA) is 108 Å². The summed E-state index contributed by atoms with van der Waals surface area (Å²) in [4.78, 5) is 15.3. The zero-order chi connectivity index (χ0) is 26.7. The molecule has 4 aromatic rings. The molecule has 0 bridgehead atoms. The number of aromatic nitrogens is 1. The highest BCUT2D eigenvalue weighted by molar-refractivity contribution is 7.90. The fourth-order valence-corrected chi connectivity index (χ4v) is 4.45. The summed E-state index contributed by atoms with van der Waals surface area (Å²) >= 11 is -1.40. The molecule has 2 heterocycles. The molecule has 37 heavy (non-hydrogen) atoms. The van der Waals surface area contributed by atoms with Gasteiger partial charge in [0.15, 0.2) is 5.82 Å². The number of furan rings is 1. The van der Waals surface area contributed by atoms with Gasteiger partial charge in [-0.1, -0.05) is 0 Å². The van der Waals surface area contributed by atoms with Crippen molar-refractivity contribution in [2.75, 3.05) is 0 Å². The maximum absolute atomic E-state index is 15.6. The lowest BCUT2D eigenvalue weighted by Crippen LogP contribution is -2.39. The summed E-state index contributed by atoms with van der Waals surface area (Å²) in [5, 5.41) is 9.84. The van der Waals surface area contributed by atoms with E-state index in [0.717, 1.165) is 6.07 Å². The Balaban J connectivity index is 1.64. The fourth-order valence-electron chi connectivity index (χ4n) is 3.75. The second-order valence-corrected chi connectivity index (χ2v) is 11.5. The summed E-state index contributed by atoms with van der Waals surface area (Å²) in [5.41, 5.74) is 2.19. The first-order chi connectivity index (χ1) is 17.5. The first kappa shape index (κ1) is 26.6. The van der Waals surface area contributed by atoms with Crippen LogP contribution in [0.1, 0.15) is 37.6 Å². The smallest absolute Gasteiger partial charge is 0.307 e. The monoisotopic (exact) mass is 528 g/mol. The highest BCUT2D eigenvalue weighted by atomic mass is 32.2. The third kappa shape index (κ3) is 6.27. The van der Waals surface area contributed by atoms with E-state index in [4.69, 9.17) is 14.3 Å². The Morgan fingerprint density at radius 1 is 1.16 bits per heavy atom. The van der Waals surface area contributed by atoms with Gasteiger partial charge in [0, 0.05) is 39.6 Å². The van der Waals surface area contributed by atoms with Crippen molar-refractivity contribution in [1.29, 1.82) is 0 Å². The number of benzene rings is 2. The third-order valence-corrected chi connectivity index (χ3v) is 7.07. The van der Waals surface area contributed by atoms with E-state index in [0.29, 0.717) is 22.1 Å². The zero-order valence-corrected chi connectivity index (χ0v) is 21.3. The molecule has 10 heteroatoms. The van der Waals surface area contributed by atoms with Gasteiger partial charge in [0.25, 0.3) is 0 Å². The quantitative estimate of drug-likeness (QED) is 0.275. The van der Waals surface area contributed by atoms with Crippen molar-refractivity contribution in [2.45, 2.75) is 45.1 Å². The Labute approximate surface area is 215 Å². The minimum Gasteiger partial charge on any atom is -0.598 e. The lowest BCUT2D eigenvalue weighted by molar-refractivity contribution is -0.136. The predicted molar refractivity (Wildman–Crippen MR) is 136 cm³/mol. The van der Waals surface area contributed by atoms with Gasteiger partial charge in [-0.3, -0.25) is 9.78 Å². The van der Waals surface area contributed by atoms with Gasteiger partial charge in [-0.25, -0.2) is 8.78 Å². The summed E-state index contributed by atoms with van der Waals surface area (Å²) in [6, 6.07) is 10.5. The summed E-state index contributed by atoms with van der Waals surface area (Å²) in [7, 11) is 0. The summed E-state index contributed by atoms with van der Waals surface area (Å²) in [5.74, 6) is -2.00. The van der Waals surface area contributed by atoms with Crippen LogP contribution in [-0.4, -0.2) is 25.4 Å². The normalized spacial score (nSPS) is 12.6. The van der Waals surface area contributed by atoms with Crippen molar-refractivity contribution in [2.24, 2.45) is 0 Å². The first-order valence-corrected chi connectivity index (χ1v) is 12.6. The van der Waals surface area contributed by atoms with Gasteiger partial charge in [0.2, 0.25) is 0 Å². The number of carboxylic acid groups (broad SMARTS) is 1. The van der Waals surface area contributed by atoms with Crippen molar-refractivity contribution in [3.63, 3.8) is 0 Å². The number of carbonyl (C=O) groups is 1. The molecule has 2 N–H and O–H groups in total. The molecule has 2 aromatic carbocycles. The zero-order valence-electron chi connectivity index (χ0n) is 20.5. The molecular weight excluding hydrogens is 502 g/mol. The average molecular weight is 529 g/mol. The summed E-state index contributed by atoms with van der Waals surface area (Å²) in [6.07, 6.45) is 2.58. The highest BCUT2D eigenvalue weighted by Gasteiger charge is 2.27. The van der Waals surface area contributed by atoms with Gasteiger partial charge >= 0.3 is 5.97 Å². The largest absolute Gasteiger partial charge is 0.598 e. The van der Waals surface area contributed by atoms with E-state index in [1.54, 1.807) is 12.1 Å². The minimum atomic E-state index is -1.40. The summed E-state index contributed by atoms with van der Waals surface area (Å²) in [6.45, 7) is 5.44. The molecule has 0 amide bonds. The van der Waals surface area contributed by atoms with Crippen molar-refractivity contribution >= 4 is 28.3 Å². The standard InChI is InChI=1S/C27H26F2N2O5S/c1-27(2,3)37(34)31-14-22-25(29)20(6-8-30-22)21-11-16(10-17-7-9-35-26(17)21)15-36-23-5-4-19(28)12-18(23)13-24(32)33/h4-12,31H,13-15H2,1-3H3,(H,32,33). The summed E-state index contributed by atoms with van der Waals surface area (Å²) < 4.78 is 55.3. The van der Waals surface area contributed by atoms with Crippen molar-refractivity contribution in [3.05, 3.63) is 83.4 Å². The van der Waals surface area contributed by atoms with Gasteiger partial charge < -0.3 is 18.8 Å². The fraction of sp³-hybridized carbons (Fsp3) is 0.259. The SMILES string of the molecule is CC(C)(C)[S+]([O-])NCc1nccc(-c2cc(COc3ccc(F)cc3CC(=O)O)cc3ccoc23)c1F. The lowest BCUT2D eigenvalue weighted by atomic mass is 10.00. The van der Waals surface area contributed by atoms with Crippen LogP contribution in [-0.2, 0) is 35.7 Å². The number of hydrogen-bond donors (Lipinski definition) is 2. The predicted octanol–water partition coefficient (Wildman–Crippen LogP) is 5.53. The number of aliphatic carboxylic acids is 1. The van der Waals surface area contributed by atoms with Crippen LogP contribution < -0.4 is 9.46 Å². The van der Waals surface area contributed by atoms with Gasteiger partial charge in [-0.05, 0) is 68.8 Å². The van der Waals surface area contributed by atoms with E-state index in [-0.39, 0.29) is 35.7 Å². The number of rotatable bonds is 9. The van der Waals surface area contributed by atoms with Crippen LogP contribution in [0, 0.1) is 11.6 Å². The molecule has 0 fully saturated rings. The Bertz CT molecular complexity index is 1430. The number of ether oxygens (including phenoxy) is 1. The number of hydrogen-bond acceptors (Lipinski definition) is 6. The Kier molecular flexibility index (Phi) is 7.82. The van der Waals surface area contributed by atoms with Crippen molar-refractivity contribution < 1.29 is 32.4 Å². The molecule has 0 spiro atoms. The molecule has 0 aliphatic heterocycles. The number of nitrogens with one attached hydrogen (secondary N) is 1. The van der Waals surface area contributed by atoms with E-state index in [1.807, 2.05) is 26.8 Å². The maximum atomic E-state index is 15.6. The Morgan fingerprint density at radius 3 is 2.68 bits per heavy atom. The van der Waals surface area contributed by atoms with E-state index in [9.17, 15) is 13.7 Å². The first-order valence-electron chi connectivity index (χ1n) is 11.4. The molecule has 0 radical (unpaired) electrons. The molecule has 1 atom stereocenters. The highest BCUT2D eigenvalue weighted by Crippen LogP contribution is 2.34. The molecular formula is C27H26F2N2O5S. The molecule has 0 saturated heterocycles. The van der Waals surface area contributed by atoms with Gasteiger partial charge in [0.05, 0.1) is 24.9 Å². The van der Waals surface area contributed by atoms with Crippen LogP contribution in [0.3, 0.4) is 0 Å². The van der Waals surface area contributed by atoms with Crippen molar-refractivity contribution in [3.8, 4) is 16.9 Å². The number of pyridine rings is 1. The molecule has 194 valence electrons. The van der Waals surface area contributed by atoms with Crippen LogP contribution in [0.5, 0.6) is 5.75 Å². The number of halogens is 2. The Hall–Kier alpha value is -3.47. The number of fused-ring (bicyclic) bond motifs is 1. The number of carboxylic acids is 1. The maximum Gasteiger partial charge on any atom is 0.307 e. The van der Waals surface area contributed by atoms with E-state index in [2.05, 4.69) is 9.71 Å². The lowest BCUT2D eigenvalue weighted by Gasteiger charge is -2.23. The van der Waals surface area contributed by atoms with Gasteiger partial charge in [-0.2, -0.15) is 0 Å². The molecule has 2 aromatic heterocycles. The van der Waals surface area contributed by atoms with Crippen LogP contribution in [0.25, 0.3) is 22.1 Å². The molecule has 0 saturated carbocycles. The molecule has 7 nitrogen and oxygen atoms in total. The third-order valence-electron chi connectivity index (χ3n) is 5.55. The molecule has 1 unspecified atom stereocenters. The van der Waals surface area contributed by atoms with Crippen LogP contribution >= 0.6 is 0 Å². The average Bonchev–Trinajstić information content (AvgIpc) is 3.30. The molecule has 4 rings (SSSR count). The van der Waals surface area contributed by atoms with Crippen LogP contribution in [0.15, 0.2) is 59.3 Å². The second kappa shape index (κ2) is 10.9.